The van der Waals surface area contributed by atoms with Gasteiger partial charge in [-0.2, -0.15) is 5.26 Å². The number of nitrogens with zero attached hydrogens (tertiary/aromatic N) is 2. The number of hydrogen-bond donors (Lipinski definition) is 0. The van der Waals surface area contributed by atoms with Crippen LogP contribution < -0.4 is 4.74 Å². The normalized spacial score (nSPS) is 9.52. The van der Waals surface area contributed by atoms with Gasteiger partial charge in [-0.15, -0.1) is 0 Å². The zero-order valence-corrected chi connectivity index (χ0v) is 11.1. The summed E-state index contributed by atoms with van der Waals surface area (Å²) in [4.78, 5) is 26.4. The zero-order chi connectivity index (χ0) is 15.2. The third-order valence-corrected chi connectivity index (χ3v) is 2.56. The van der Waals surface area contributed by atoms with Gasteiger partial charge in [-0.05, 0) is 36.4 Å². The second-order valence-corrected chi connectivity index (χ2v) is 3.94. The molecule has 2 rings (SSSR count). The molecule has 0 saturated heterocycles. The molecule has 0 aliphatic heterocycles. The summed E-state index contributed by atoms with van der Waals surface area (Å²) in [6.45, 7) is 0. The number of methoxy groups -OCH3 is 1. The quantitative estimate of drug-likeness (QED) is 0.484. The molecule has 1 heterocycles. The number of rotatable bonds is 4. The van der Waals surface area contributed by atoms with Gasteiger partial charge in [0.1, 0.15) is 17.2 Å². The van der Waals surface area contributed by atoms with Crippen LogP contribution in [0.2, 0.25) is 0 Å². The third-order valence-electron chi connectivity index (χ3n) is 2.56. The van der Waals surface area contributed by atoms with E-state index in [1.807, 2.05) is 6.07 Å². The van der Waals surface area contributed by atoms with E-state index in [1.165, 1.54) is 18.3 Å². The first-order valence-corrected chi connectivity index (χ1v) is 5.91. The summed E-state index contributed by atoms with van der Waals surface area (Å²) < 4.78 is 9.83. The SMILES string of the molecule is COC(=O)C(=O)c1ccc(Oc2ccc(C#N)cc2)cn1. The van der Waals surface area contributed by atoms with Crippen molar-refractivity contribution in [3.8, 4) is 17.6 Å². The summed E-state index contributed by atoms with van der Waals surface area (Å²) in [5.74, 6) is -0.852. The van der Waals surface area contributed by atoms with Crippen LogP contribution in [0.1, 0.15) is 16.1 Å². The number of pyridine rings is 1. The molecule has 0 radical (unpaired) electrons. The summed E-state index contributed by atoms with van der Waals surface area (Å²) in [7, 11) is 1.13. The van der Waals surface area contributed by atoms with E-state index in [0.717, 1.165) is 7.11 Å². The van der Waals surface area contributed by atoms with Crippen LogP contribution in [0.5, 0.6) is 11.5 Å². The largest absolute Gasteiger partial charge is 0.463 e. The summed E-state index contributed by atoms with van der Waals surface area (Å²) in [5.41, 5.74) is 0.508. The molecule has 6 nitrogen and oxygen atoms in total. The van der Waals surface area contributed by atoms with E-state index in [4.69, 9.17) is 10.00 Å². The number of ether oxygens (including phenoxy) is 2. The van der Waals surface area contributed by atoms with Crippen LogP contribution >= 0.6 is 0 Å². The summed E-state index contributed by atoms with van der Waals surface area (Å²) in [6, 6.07) is 11.4. The average molecular weight is 282 g/mol. The van der Waals surface area contributed by atoms with Crippen molar-refractivity contribution in [3.63, 3.8) is 0 Å². The molecule has 0 saturated carbocycles. The predicted molar refractivity (Wildman–Crippen MR) is 71.8 cm³/mol. The maximum Gasteiger partial charge on any atom is 0.381 e. The highest BCUT2D eigenvalue weighted by Gasteiger charge is 2.17. The molecule has 0 fully saturated rings. The number of nitriles is 1. The third kappa shape index (κ3) is 3.42. The highest BCUT2D eigenvalue weighted by Crippen LogP contribution is 2.21. The van der Waals surface area contributed by atoms with Gasteiger partial charge in [0.2, 0.25) is 0 Å². The van der Waals surface area contributed by atoms with Crippen LogP contribution in [-0.4, -0.2) is 23.8 Å². The fraction of sp³-hybridized carbons (Fsp3) is 0.0667. The van der Waals surface area contributed by atoms with Gasteiger partial charge < -0.3 is 9.47 Å². The molecule has 104 valence electrons. The molecule has 0 amide bonds. The van der Waals surface area contributed by atoms with E-state index >= 15 is 0 Å². The molecule has 0 bridgehead atoms. The fourth-order valence-electron chi connectivity index (χ4n) is 1.51. The van der Waals surface area contributed by atoms with Crippen molar-refractivity contribution in [1.29, 1.82) is 5.26 Å². The molecular formula is C15H10N2O4. The van der Waals surface area contributed by atoms with E-state index < -0.39 is 11.8 Å². The smallest absolute Gasteiger partial charge is 0.381 e. The minimum atomic E-state index is -0.969. The number of Topliss-reactive ketones (excluding diaryl/α,β-unsaturated/α-hetero) is 1. The van der Waals surface area contributed by atoms with Crippen LogP contribution in [0.3, 0.4) is 0 Å². The number of esters is 1. The molecule has 0 N–H and O–H groups in total. The lowest BCUT2D eigenvalue weighted by atomic mass is 10.2. The first kappa shape index (κ1) is 14.2. The highest BCUT2D eigenvalue weighted by atomic mass is 16.5. The van der Waals surface area contributed by atoms with E-state index in [-0.39, 0.29) is 5.69 Å². The number of ketones is 1. The number of benzene rings is 1. The van der Waals surface area contributed by atoms with Crippen LogP contribution in [0.15, 0.2) is 42.6 Å². The van der Waals surface area contributed by atoms with E-state index in [1.54, 1.807) is 24.3 Å². The molecule has 0 unspecified atom stereocenters. The van der Waals surface area contributed by atoms with E-state index in [2.05, 4.69) is 9.72 Å². The van der Waals surface area contributed by atoms with E-state index in [9.17, 15) is 9.59 Å². The van der Waals surface area contributed by atoms with Crippen molar-refractivity contribution in [2.24, 2.45) is 0 Å². The maximum atomic E-state index is 11.5. The maximum absolute atomic E-state index is 11.5. The minimum absolute atomic E-state index is 0.0194. The highest BCUT2D eigenvalue weighted by molar-refractivity contribution is 6.40. The number of hydrogen-bond acceptors (Lipinski definition) is 6. The summed E-state index contributed by atoms with van der Waals surface area (Å²) >= 11 is 0. The molecule has 0 spiro atoms. The molecule has 1 aromatic heterocycles. The number of carbonyl (C=O) groups excluding carboxylic acids is 2. The van der Waals surface area contributed by atoms with Crippen molar-refractivity contribution in [3.05, 3.63) is 53.9 Å². The Balaban J connectivity index is 2.10. The Morgan fingerprint density at radius 2 is 1.76 bits per heavy atom. The van der Waals surface area contributed by atoms with Crippen LogP contribution in [0.25, 0.3) is 0 Å². The monoisotopic (exact) mass is 282 g/mol. The first-order chi connectivity index (χ1) is 10.1. The first-order valence-electron chi connectivity index (χ1n) is 5.91. The van der Waals surface area contributed by atoms with Crippen molar-refractivity contribution in [2.75, 3.05) is 7.11 Å². The van der Waals surface area contributed by atoms with Gasteiger partial charge in [0.25, 0.3) is 5.78 Å². The predicted octanol–water partition coefficient (Wildman–Crippen LogP) is 2.10. The Hall–Kier alpha value is -3.20. The van der Waals surface area contributed by atoms with Crippen molar-refractivity contribution >= 4 is 11.8 Å². The van der Waals surface area contributed by atoms with Gasteiger partial charge in [-0.1, -0.05) is 0 Å². The number of aromatic nitrogens is 1. The second kappa shape index (κ2) is 6.30. The van der Waals surface area contributed by atoms with Gasteiger partial charge in [0, 0.05) is 0 Å². The molecule has 0 aliphatic carbocycles. The lowest BCUT2D eigenvalue weighted by molar-refractivity contribution is -0.135. The lowest BCUT2D eigenvalue weighted by Crippen LogP contribution is -2.16. The Morgan fingerprint density at radius 3 is 2.29 bits per heavy atom. The fourth-order valence-corrected chi connectivity index (χ4v) is 1.51. The van der Waals surface area contributed by atoms with Crippen molar-refractivity contribution in [1.82, 2.24) is 4.98 Å². The minimum Gasteiger partial charge on any atom is -0.463 e. The molecule has 1 aromatic carbocycles. The average Bonchev–Trinajstić information content (AvgIpc) is 2.55. The van der Waals surface area contributed by atoms with Gasteiger partial charge in [0.05, 0.1) is 24.9 Å². The Morgan fingerprint density at radius 1 is 1.10 bits per heavy atom. The standard InChI is InChI=1S/C15H10N2O4/c1-20-15(19)14(18)13-7-6-12(9-17-13)21-11-4-2-10(8-16)3-5-11/h2-7,9H,1H3. The molecule has 21 heavy (non-hydrogen) atoms. The molecule has 6 heteroatoms. The van der Waals surface area contributed by atoms with Crippen molar-refractivity contribution in [2.45, 2.75) is 0 Å². The van der Waals surface area contributed by atoms with E-state index in [0.29, 0.717) is 17.1 Å². The second-order valence-electron chi connectivity index (χ2n) is 3.94. The van der Waals surface area contributed by atoms with Gasteiger partial charge in [-0.25, -0.2) is 9.78 Å². The molecule has 0 atom stereocenters. The van der Waals surface area contributed by atoms with Crippen LogP contribution in [-0.2, 0) is 9.53 Å². The summed E-state index contributed by atoms with van der Waals surface area (Å²) in [6.07, 6.45) is 1.33. The van der Waals surface area contributed by atoms with Gasteiger partial charge in [-0.3, -0.25) is 4.79 Å². The topological polar surface area (TPSA) is 89.3 Å². The molecular weight excluding hydrogens is 272 g/mol. The molecule has 2 aromatic rings. The van der Waals surface area contributed by atoms with Crippen molar-refractivity contribution < 1.29 is 19.1 Å². The Labute approximate surface area is 120 Å². The zero-order valence-electron chi connectivity index (χ0n) is 11.1. The van der Waals surface area contributed by atoms with Crippen LogP contribution in [0, 0.1) is 11.3 Å². The van der Waals surface area contributed by atoms with Crippen LogP contribution in [0.4, 0.5) is 0 Å². The van der Waals surface area contributed by atoms with Gasteiger partial charge >= 0.3 is 5.97 Å². The Kier molecular flexibility index (Phi) is 4.26. The number of carbonyl (C=O) groups is 2. The lowest BCUT2D eigenvalue weighted by Gasteiger charge is -2.05. The Bertz CT molecular complexity index is 700. The molecule has 0 aliphatic rings. The van der Waals surface area contributed by atoms with Gasteiger partial charge in [0.15, 0.2) is 0 Å². The summed E-state index contributed by atoms with van der Waals surface area (Å²) in [5, 5.41) is 8.70.